The Morgan fingerprint density at radius 1 is 1.17 bits per heavy atom. The van der Waals surface area contributed by atoms with E-state index in [1.54, 1.807) is 18.2 Å². The predicted molar refractivity (Wildman–Crippen MR) is 109 cm³/mol. The Labute approximate surface area is 170 Å². The fourth-order valence-corrected chi connectivity index (χ4v) is 4.87. The molecule has 0 bridgehead atoms. The van der Waals surface area contributed by atoms with Gasteiger partial charge >= 0.3 is 0 Å². The summed E-state index contributed by atoms with van der Waals surface area (Å²) < 4.78 is 40.1. The van der Waals surface area contributed by atoms with Gasteiger partial charge in [0.25, 0.3) is 5.91 Å². The topological polar surface area (TPSA) is 86.7 Å². The second-order valence-electron chi connectivity index (χ2n) is 7.30. The number of piperidine rings is 1. The minimum atomic E-state index is -3.77. The molecule has 1 amide bonds. The zero-order valence-corrected chi connectivity index (χ0v) is 17.1. The van der Waals surface area contributed by atoms with Crippen molar-refractivity contribution in [3.8, 4) is 0 Å². The molecule has 0 saturated carbocycles. The van der Waals surface area contributed by atoms with Crippen molar-refractivity contribution in [2.45, 2.75) is 43.4 Å². The van der Waals surface area contributed by atoms with Crippen molar-refractivity contribution in [2.24, 2.45) is 0 Å². The van der Waals surface area contributed by atoms with E-state index >= 15 is 0 Å². The number of carbonyl (C=O) groups is 1. The van der Waals surface area contributed by atoms with E-state index in [-0.39, 0.29) is 23.5 Å². The number of sulfonamides is 1. The number of nitrogens with zero attached hydrogens (tertiary/aromatic N) is 1. The number of nitrogens with one attached hydrogen (secondary N) is 1. The average Bonchev–Trinajstić information content (AvgIpc) is 2.74. The molecule has 1 aliphatic rings. The molecule has 0 spiro atoms. The summed E-state index contributed by atoms with van der Waals surface area (Å²) >= 11 is 0. The van der Waals surface area contributed by atoms with Gasteiger partial charge < -0.3 is 10.4 Å². The molecule has 0 aliphatic carbocycles. The van der Waals surface area contributed by atoms with Crippen LogP contribution in [0.5, 0.6) is 0 Å². The molecule has 0 aromatic heterocycles. The number of benzene rings is 2. The molecule has 0 atom stereocenters. The maximum atomic E-state index is 13.0. The molecular weight excluding hydrogens is 395 g/mol. The third-order valence-corrected chi connectivity index (χ3v) is 7.28. The van der Waals surface area contributed by atoms with Crippen LogP contribution in [0.25, 0.3) is 0 Å². The molecule has 1 fully saturated rings. The van der Waals surface area contributed by atoms with Gasteiger partial charge in [0.1, 0.15) is 6.67 Å². The second-order valence-corrected chi connectivity index (χ2v) is 9.24. The monoisotopic (exact) mass is 420 g/mol. The van der Waals surface area contributed by atoms with E-state index in [1.807, 2.05) is 6.92 Å². The van der Waals surface area contributed by atoms with Crippen LogP contribution in [0, 0.1) is 0 Å². The normalized spacial score (nSPS) is 17.1. The lowest BCUT2D eigenvalue weighted by Gasteiger charge is -2.36. The number of hydrogen-bond acceptors (Lipinski definition) is 4. The summed E-state index contributed by atoms with van der Waals surface area (Å²) in [6, 6.07) is 12.3. The maximum Gasteiger partial charge on any atom is 0.255 e. The van der Waals surface area contributed by atoms with Gasteiger partial charge in [0.05, 0.1) is 10.5 Å². The minimum Gasteiger partial charge on any atom is -0.390 e. The molecule has 0 unspecified atom stereocenters. The zero-order valence-electron chi connectivity index (χ0n) is 16.3. The van der Waals surface area contributed by atoms with Crippen LogP contribution in [0.4, 0.5) is 10.1 Å². The first kappa shape index (κ1) is 21.4. The molecule has 1 aliphatic heterocycles. The smallest absolute Gasteiger partial charge is 0.255 e. The Hall–Kier alpha value is -2.29. The average molecular weight is 421 g/mol. The summed E-state index contributed by atoms with van der Waals surface area (Å²) in [4.78, 5) is 12.6. The van der Waals surface area contributed by atoms with Gasteiger partial charge in [0.15, 0.2) is 0 Å². The van der Waals surface area contributed by atoms with Crippen molar-refractivity contribution < 1.29 is 22.7 Å². The van der Waals surface area contributed by atoms with Crippen molar-refractivity contribution in [1.29, 1.82) is 0 Å². The van der Waals surface area contributed by atoms with E-state index in [9.17, 15) is 22.7 Å². The fraction of sp³-hybridized carbons (Fsp3) is 0.381. The summed E-state index contributed by atoms with van der Waals surface area (Å²) in [6.07, 6.45) is 1.35. The minimum absolute atomic E-state index is 0.0320. The van der Waals surface area contributed by atoms with Crippen molar-refractivity contribution >= 4 is 21.6 Å². The standard InChI is InChI=1S/C21H25FN2O4S/c1-2-21(26)9-11-24(12-10-21)29(27,28)19-8-4-6-17(14-19)20(25)23-18-7-3-5-16(13-18)15-22/h3-8,13-14,26H,2,9-12,15H2,1H3,(H,23,25). The number of halogens is 1. The van der Waals surface area contributed by atoms with Crippen molar-refractivity contribution in [3.63, 3.8) is 0 Å². The van der Waals surface area contributed by atoms with Crippen LogP contribution in [-0.4, -0.2) is 42.4 Å². The summed E-state index contributed by atoms with van der Waals surface area (Å²) in [7, 11) is -3.77. The first-order valence-corrected chi connectivity index (χ1v) is 11.0. The van der Waals surface area contributed by atoms with Gasteiger partial charge in [-0.15, -0.1) is 0 Å². The Balaban J connectivity index is 1.77. The van der Waals surface area contributed by atoms with Crippen LogP contribution in [0.1, 0.15) is 42.1 Å². The summed E-state index contributed by atoms with van der Waals surface area (Å²) in [5.74, 6) is -0.475. The molecule has 6 nitrogen and oxygen atoms in total. The summed E-state index contributed by atoms with van der Waals surface area (Å²) in [5, 5.41) is 13.0. The zero-order chi connectivity index (χ0) is 21.1. The highest BCUT2D eigenvalue weighted by atomic mass is 32.2. The van der Waals surface area contributed by atoms with E-state index in [4.69, 9.17) is 0 Å². The number of alkyl halides is 1. The fourth-order valence-electron chi connectivity index (χ4n) is 3.38. The lowest BCUT2D eigenvalue weighted by atomic mass is 9.90. The van der Waals surface area contributed by atoms with Crippen LogP contribution >= 0.6 is 0 Å². The first-order valence-electron chi connectivity index (χ1n) is 9.56. The van der Waals surface area contributed by atoms with Gasteiger partial charge in [-0.25, -0.2) is 12.8 Å². The van der Waals surface area contributed by atoms with Crippen LogP contribution in [0.2, 0.25) is 0 Å². The van der Waals surface area contributed by atoms with Crippen LogP contribution in [0.3, 0.4) is 0 Å². The van der Waals surface area contributed by atoms with Gasteiger partial charge in [0, 0.05) is 24.3 Å². The molecule has 2 aromatic carbocycles. The molecule has 2 aromatic rings. The van der Waals surface area contributed by atoms with Gasteiger partial charge in [-0.05, 0) is 55.2 Å². The van der Waals surface area contributed by atoms with Crippen LogP contribution in [-0.2, 0) is 16.7 Å². The van der Waals surface area contributed by atoms with Gasteiger partial charge in [-0.3, -0.25) is 4.79 Å². The first-order chi connectivity index (χ1) is 13.8. The predicted octanol–water partition coefficient (Wildman–Crippen LogP) is 3.33. The molecule has 2 N–H and O–H groups in total. The molecule has 0 radical (unpaired) electrons. The SMILES string of the molecule is CCC1(O)CCN(S(=O)(=O)c2cccc(C(=O)Nc3cccc(CF)c3)c2)CC1. The molecule has 1 heterocycles. The van der Waals surface area contributed by atoms with Crippen LogP contribution in [0.15, 0.2) is 53.4 Å². The Morgan fingerprint density at radius 3 is 2.52 bits per heavy atom. The van der Waals surface area contributed by atoms with E-state index in [1.165, 1.54) is 34.6 Å². The number of amides is 1. The van der Waals surface area contributed by atoms with E-state index in [0.717, 1.165) is 0 Å². The number of aliphatic hydroxyl groups is 1. The van der Waals surface area contributed by atoms with Gasteiger partial charge in [0.2, 0.25) is 10.0 Å². The number of carbonyl (C=O) groups excluding carboxylic acids is 1. The molecule has 8 heteroatoms. The second kappa shape index (κ2) is 8.61. The van der Waals surface area contributed by atoms with E-state index in [0.29, 0.717) is 30.5 Å². The number of anilines is 1. The number of hydrogen-bond donors (Lipinski definition) is 2. The Kier molecular flexibility index (Phi) is 6.36. The molecule has 1 saturated heterocycles. The highest BCUT2D eigenvalue weighted by molar-refractivity contribution is 7.89. The molecular formula is C21H25FN2O4S. The van der Waals surface area contributed by atoms with Gasteiger partial charge in [-0.2, -0.15) is 4.31 Å². The van der Waals surface area contributed by atoms with Gasteiger partial charge in [-0.1, -0.05) is 25.1 Å². The summed E-state index contributed by atoms with van der Waals surface area (Å²) in [6.45, 7) is 1.72. The van der Waals surface area contributed by atoms with Crippen molar-refractivity contribution in [2.75, 3.05) is 18.4 Å². The van der Waals surface area contributed by atoms with E-state index in [2.05, 4.69) is 5.32 Å². The van der Waals surface area contributed by atoms with Crippen molar-refractivity contribution in [3.05, 3.63) is 59.7 Å². The Bertz CT molecular complexity index is 986. The molecule has 29 heavy (non-hydrogen) atoms. The molecule has 3 rings (SSSR count). The quantitative estimate of drug-likeness (QED) is 0.751. The van der Waals surface area contributed by atoms with E-state index < -0.39 is 28.2 Å². The third kappa shape index (κ3) is 4.83. The largest absolute Gasteiger partial charge is 0.390 e. The molecule has 156 valence electrons. The van der Waals surface area contributed by atoms with Crippen molar-refractivity contribution in [1.82, 2.24) is 4.31 Å². The highest BCUT2D eigenvalue weighted by Crippen LogP contribution is 2.29. The number of rotatable bonds is 6. The Morgan fingerprint density at radius 2 is 1.86 bits per heavy atom. The lowest BCUT2D eigenvalue weighted by Crippen LogP contribution is -2.46. The lowest BCUT2D eigenvalue weighted by molar-refractivity contribution is -0.00802. The summed E-state index contributed by atoms with van der Waals surface area (Å²) in [5.41, 5.74) is 0.255. The van der Waals surface area contributed by atoms with Crippen LogP contribution < -0.4 is 5.32 Å². The third-order valence-electron chi connectivity index (χ3n) is 5.38. The maximum absolute atomic E-state index is 13.0. The highest BCUT2D eigenvalue weighted by Gasteiger charge is 2.36.